The van der Waals surface area contributed by atoms with Gasteiger partial charge in [-0.05, 0) is 12.1 Å². The topological polar surface area (TPSA) is 106 Å². The van der Waals surface area contributed by atoms with Gasteiger partial charge in [0.15, 0.2) is 5.82 Å². The molecule has 11 nitrogen and oxygen atoms in total. The van der Waals surface area contributed by atoms with Crippen molar-refractivity contribution in [2.24, 2.45) is 0 Å². The van der Waals surface area contributed by atoms with Crippen LogP contribution in [0, 0.1) is 0 Å². The first-order valence-corrected chi connectivity index (χ1v) is 11.6. The van der Waals surface area contributed by atoms with E-state index in [2.05, 4.69) is 37.3 Å². The molecule has 0 radical (unpaired) electrons. The monoisotopic (exact) mass is 489 g/mol. The molecule has 2 aromatic carbocycles. The molecule has 0 bridgehead atoms. The van der Waals surface area contributed by atoms with Crippen molar-refractivity contribution in [2.45, 2.75) is 6.54 Å². The third kappa shape index (κ3) is 4.67. The van der Waals surface area contributed by atoms with Gasteiger partial charge in [0.1, 0.15) is 18.0 Å². The van der Waals surface area contributed by atoms with E-state index in [1.54, 1.807) is 30.6 Å². The average Bonchev–Trinajstić information content (AvgIpc) is 3.23. The van der Waals surface area contributed by atoms with Crippen LogP contribution in [0.15, 0.2) is 65.7 Å². The highest BCUT2D eigenvalue weighted by Crippen LogP contribution is 2.26. The number of hydrogen-bond acceptors (Lipinski definition) is 8. The molecule has 3 heterocycles. The first-order valence-electron chi connectivity index (χ1n) is 11.6. The predicted molar refractivity (Wildman–Crippen MR) is 136 cm³/mol. The van der Waals surface area contributed by atoms with Crippen LogP contribution in [0.1, 0.15) is 0 Å². The third-order valence-electron chi connectivity index (χ3n) is 6.11. The Hall–Kier alpha value is -4.54. The summed E-state index contributed by atoms with van der Waals surface area (Å²) in [5.74, 6) is 1.30. The molecule has 0 saturated carbocycles. The minimum absolute atomic E-state index is 0.249. The van der Waals surface area contributed by atoms with Gasteiger partial charge in [-0.1, -0.05) is 18.2 Å². The zero-order valence-corrected chi connectivity index (χ0v) is 20.1. The molecule has 0 aliphatic carbocycles. The maximum absolute atomic E-state index is 13.0. The van der Waals surface area contributed by atoms with Crippen molar-refractivity contribution in [3.05, 3.63) is 71.4 Å². The summed E-state index contributed by atoms with van der Waals surface area (Å²) in [5.41, 5.74) is 1.69. The Morgan fingerprint density at radius 1 is 0.972 bits per heavy atom. The molecule has 36 heavy (non-hydrogen) atoms. The number of rotatable bonds is 7. The number of para-hydroxylation sites is 1. The average molecular weight is 490 g/mol. The second-order valence-corrected chi connectivity index (χ2v) is 8.34. The highest BCUT2D eigenvalue weighted by atomic mass is 16.5. The van der Waals surface area contributed by atoms with Gasteiger partial charge in [0.2, 0.25) is 11.6 Å². The molecule has 1 saturated heterocycles. The molecule has 4 aromatic rings. The van der Waals surface area contributed by atoms with E-state index in [1.165, 1.54) is 24.3 Å². The zero-order valence-electron chi connectivity index (χ0n) is 20.1. The standard InChI is InChI=1S/C25H27N7O4/c1-35-20-14-18(15-21(16-20)36-2)27-22(33)17-32-25(34)31-9-8-26-23(24(31)28-32)30-12-10-29(11-13-30)19-6-4-3-5-7-19/h3-9,14-16H,10-13,17H2,1-2H3,(H,27,33). The summed E-state index contributed by atoms with van der Waals surface area (Å²) in [7, 11) is 3.06. The predicted octanol–water partition coefficient (Wildman–Crippen LogP) is 1.87. The molecule has 11 heteroatoms. The minimum atomic E-state index is -0.407. The summed E-state index contributed by atoms with van der Waals surface area (Å²) in [5, 5.41) is 7.22. The molecular formula is C25H27N7O4. The van der Waals surface area contributed by atoms with Crippen LogP contribution in [-0.2, 0) is 11.3 Å². The van der Waals surface area contributed by atoms with Crippen LogP contribution in [0.3, 0.4) is 0 Å². The van der Waals surface area contributed by atoms with Crippen LogP contribution in [0.4, 0.5) is 17.2 Å². The summed E-state index contributed by atoms with van der Waals surface area (Å²) in [6.07, 6.45) is 3.15. The zero-order chi connectivity index (χ0) is 25.1. The maximum Gasteiger partial charge on any atom is 0.350 e. The molecule has 186 valence electrons. The molecule has 1 N–H and O–H groups in total. The Labute approximate surface area is 207 Å². The molecule has 1 fully saturated rings. The molecule has 1 aliphatic heterocycles. The Kier molecular flexibility index (Phi) is 6.44. The van der Waals surface area contributed by atoms with Crippen molar-refractivity contribution in [3.63, 3.8) is 0 Å². The van der Waals surface area contributed by atoms with E-state index in [0.717, 1.165) is 30.9 Å². The molecule has 2 aromatic heterocycles. The lowest BCUT2D eigenvalue weighted by Crippen LogP contribution is -2.47. The van der Waals surface area contributed by atoms with Gasteiger partial charge >= 0.3 is 5.69 Å². The Balaban J connectivity index is 1.33. The first-order chi connectivity index (χ1) is 17.6. The van der Waals surface area contributed by atoms with Gasteiger partial charge in [0.05, 0.1) is 14.2 Å². The highest BCUT2D eigenvalue weighted by Gasteiger charge is 2.23. The lowest BCUT2D eigenvalue weighted by molar-refractivity contribution is -0.117. The fraction of sp³-hybridized carbons (Fsp3) is 0.280. The molecule has 0 atom stereocenters. The maximum atomic E-state index is 13.0. The molecular weight excluding hydrogens is 462 g/mol. The third-order valence-corrected chi connectivity index (χ3v) is 6.11. The number of hydrogen-bond donors (Lipinski definition) is 1. The van der Waals surface area contributed by atoms with Crippen molar-refractivity contribution in [1.29, 1.82) is 0 Å². The van der Waals surface area contributed by atoms with Crippen LogP contribution >= 0.6 is 0 Å². The van der Waals surface area contributed by atoms with Crippen LogP contribution in [0.5, 0.6) is 11.5 Å². The van der Waals surface area contributed by atoms with Gasteiger partial charge in [-0.2, -0.15) is 0 Å². The Bertz CT molecular complexity index is 1400. The summed E-state index contributed by atoms with van der Waals surface area (Å²) in [6.45, 7) is 2.87. The molecule has 0 spiro atoms. The lowest BCUT2D eigenvalue weighted by atomic mass is 10.2. The van der Waals surface area contributed by atoms with Gasteiger partial charge in [-0.3, -0.25) is 4.79 Å². The normalized spacial score (nSPS) is 13.6. The Morgan fingerprint density at radius 3 is 2.31 bits per heavy atom. The number of ether oxygens (including phenoxy) is 2. The minimum Gasteiger partial charge on any atom is -0.497 e. The number of carbonyl (C=O) groups excluding carboxylic acids is 1. The van der Waals surface area contributed by atoms with E-state index in [4.69, 9.17) is 9.47 Å². The SMILES string of the molecule is COc1cc(NC(=O)Cn2nc3c(N4CCN(c5ccccc5)CC4)nccn3c2=O)cc(OC)c1. The summed E-state index contributed by atoms with van der Waals surface area (Å²) in [4.78, 5) is 34.7. The van der Waals surface area contributed by atoms with Crippen molar-refractivity contribution in [1.82, 2.24) is 19.2 Å². The van der Waals surface area contributed by atoms with Crippen LogP contribution in [-0.4, -0.2) is 65.5 Å². The van der Waals surface area contributed by atoms with Gasteiger partial charge in [0.25, 0.3) is 0 Å². The quantitative estimate of drug-likeness (QED) is 0.420. The number of amides is 1. The molecule has 1 amide bonds. The van der Waals surface area contributed by atoms with Gasteiger partial charge < -0.3 is 24.6 Å². The van der Waals surface area contributed by atoms with Gasteiger partial charge in [0, 0.05) is 68.1 Å². The number of aromatic nitrogens is 4. The number of benzene rings is 2. The second-order valence-electron chi connectivity index (χ2n) is 8.34. The van der Waals surface area contributed by atoms with E-state index in [0.29, 0.717) is 28.7 Å². The number of anilines is 3. The number of nitrogens with one attached hydrogen (secondary N) is 1. The van der Waals surface area contributed by atoms with E-state index < -0.39 is 11.6 Å². The smallest absolute Gasteiger partial charge is 0.350 e. The number of fused-ring (bicyclic) bond motifs is 1. The van der Waals surface area contributed by atoms with Gasteiger partial charge in [-0.25, -0.2) is 18.9 Å². The number of piperazine rings is 1. The van der Waals surface area contributed by atoms with E-state index in [-0.39, 0.29) is 6.54 Å². The van der Waals surface area contributed by atoms with Crippen LogP contribution in [0.25, 0.3) is 5.65 Å². The van der Waals surface area contributed by atoms with Crippen molar-refractivity contribution >= 4 is 28.7 Å². The highest BCUT2D eigenvalue weighted by molar-refractivity contribution is 5.91. The molecule has 1 aliphatic rings. The number of carbonyl (C=O) groups is 1. The van der Waals surface area contributed by atoms with E-state index in [9.17, 15) is 9.59 Å². The summed E-state index contributed by atoms with van der Waals surface area (Å²) >= 11 is 0. The van der Waals surface area contributed by atoms with Crippen molar-refractivity contribution in [2.75, 3.05) is 55.5 Å². The van der Waals surface area contributed by atoms with Crippen molar-refractivity contribution < 1.29 is 14.3 Å². The lowest BCUT2D eigenvalue weighted by Gasteiger charge is -2.36. The fourth-order valence-electron chi connectivity index (χ4n) is 4.29. The van der Waals surface area contributed by atoms with Crippen molar-refractivity contribution in [3.8, 4) is 11.5 Å². The van der Waals surface area contributed by atoms with Crippen LogP contribution < -0.4 is 30.3 Å². The summed E-state index contributed by atoms with van der Waals surface area (Å²) < 4.78 is 13.1. The second kappa shape index (κ2) is 9.98. The van der Waals surface area contributed by atoms with Gasteiger partial charge in [-0.15, -0.1) is 5.10 Å². The first kappa shape index (κ1) is 23.2. The number of methoxy groups -OCH3 is 2. The summed E-state index contributed by atoms with van der Waals surface area (Å²) in [6, 6.07) is 15.3. The molecule has 0 unspecified atom stereocenters. The number of nitrogens with zero attached hydrogens (tertiary/aromatic N) is 6. The van der Waals surface area contributed by atoms with E-state index in [1.807, 2.05) is 18.2 Å². The van der Waals surface area contributed by atoms with Crippen LogP contribution in [0.2, 0.25) is 0 Å². The molecule has 5 rings (SSSR count). The Morgan fingerprint density at radius 2 is 1.64 bits per heavy atom. The van der Waals surface area contributed by atoms with E-state index >= 15 is 0 Å². The fourth-order valence-corrected chi connectivity index (χ4v) is 4.29. The largest absolute Gasteiger partial charge is 0.497 e.